The van der Waals surface area contributed by atoms with Gasteiger partial charge in [0.05, 0.1) is 31.5 Å². The van der Waals surface area contributed by atoms with Gasteiger partial charge in [-0.2, -0.15) is 0 Å². The summed E-state index contributed by atoms with van der Waals surface area (Å²) < 4.78 is 10.1. The van der Waals surface area contributed by atoms with Gasteiger partial charge in [-0.3, -0.25) is 4.79 Å². The second-order valence-corrected chi connectivity index (χ2v) is 5.36. The molecule has 0 radical (unpaired) electrons. The van der Waals surface area contributed by atoms with Gasteiger partial charge in [0.15, 0.2) is 0 Å². The van der Waals surface area contributed by atoms with Gasteiger partial charge < -0.3 is 9.47 Å². The van der Waals surface area contributed by atoms with E-state index >= 15 is 0 Å². The minimum atomic E-state index is -0.249. The number of carbonyl (C=O) groups excluding carboxylic acids is 1. The van der Waals surface area contributed by atoms with Crippen molar-refractivity contribution in [1.29, 1.82) is 0 Å². The number of alkyl halides is 1. The van der Waals surface area contributed by atoms with Crippen molar-refractivity contribution in [3.05, 3.63) is 53.6 Å². The average molecular weight is 373 g/mol. The lowest BCUT2D eigenvalue weighted by Gasteiger charge is -2.08. The summed E-state index contributed by atoms with van der Waals surface area (Å²) in [5.41, 5.74) is 3.80. The third-order valence-electron chi connectivity index (χ3n) is 3.33. The van der Waals surface area contributed by atoms with Gasteiger partial charge in [0, 0.05) is 0 Å². The molecule has 3 nitrogen and oxygen atoms in total. The molecule has 0 aliphatic rings. The molecule has 0 saturated carbocycles. The average Bonchev–Trinajstić information content (AvgIpc) is 2.59. The van der Waals surface area contributed by atoms with Crippen molar-refractivity contribution in [1.82, 2.24) is 0 Å². The van der Waals surface area contributed by atoms with E-state index < -0.39 is 0 Å². The molecular weight excluding hydrogens is 356 g/mol. The van der Waals surface area contributed by atoms with E-state index in [0.29, 0.717) is 5.33 Å². The Morgan fingerprint density at radius 1 is 1.13 bits per heavy atom. The highest BCUT2D eigenvalue weighted by Crippen LogP contribution is 2.27. The van der Waals surface area contributed by atoms with E-state index in [1.807, 2.05) is 42.5 Å². The normalized spacial score (nSPS) is 9.70. The maximum atomic E-state index is 11.4. The molecule has 0 aliphatic heterocycles. The summed E-state index contributed by atoms with van der Waals surface area (Å²) in [6.07, 6.45) is 0.261. The van der Waals surface area contributed by atoms with Gasteiger partial charge in [-0.05, 0) is 28.8 Å². The van der Waals surface area contributed by atoms with E-state index in [2.05, 4.69) is 27.8 Å². The standard InChI is InChI=1S/C19H17BrO3/c1-22-18-9-8-16(13-17(18)7-4-10-20)15-6-3-5-14(11-15)12-19(21)23-2/h3,5-6,8-9,11,13H,10,12H2,1-2H3. The fourth-order valence-corrected chi connectivity index (χ4v) is 2.35. The minimum Gasteiger partial charge on any atom is -0.495 e. The highest BCUT2D eigenvalue weighted by molar-refractivity contribution is 9.09. The maximum absolute atomic E-state index is 11.4. The molecule has 0 bridgehead atoms. The minimum absolute atomic E-state index is 0.249. The number of halogens is 1. The molecule has 0 N–H and O–H groups in total. The zero-order valence-electron chi connectivity index (χ0n) is 13.1. The Labute approximate surface area is 144 Å². The SMILES string of the molecule is COC(=O)Cc1cccc(-c2ccc(OC)c(C#CCBr)c2)c1. The van der Waals surface area contributed by atoms with E-state index in [0.717, 1.165) is 28.0 Å². The molecule has 0 fully saturated rings. The first-order valence-electron chi connectivity index (χ1n) is 7.07. The van der Waals surface area contributed by atoms with Crippen LogP contribution in [0.1, 0.15) is 11.1 Å². The Hall–Kier alpha value is -2.25. The van der Waals surface area contributed by atoms with Crippen LogP contribution >= 0.6 is 15.9 Å². The quantitative estimate of drug-likeness (QED) is 0.464. The highest BCUT2D eigenvalue weighted by atomic mass is 79.9. The number of hydrogen-bond donors (Lipinski definition) is 0. The first kappa shape index (κ1) is 17.1. The Kier molecular flexibility index (Phi) is 6.25. The summed E-state index contributed by atoms with van der Waals surface area (Å²) in [5.74, 6) is 6.57. The number of rotatable bonds is 4. The molecule has 0 unspecified atom stereocenters. The van der Waals surface area contributed by atoms with Crippen LogP contribution < -0.4 is 4.74 Å². The third kappa shape index (κ3) is 4.61. The lowest BCUT2D eigenvalue weighted by Crippen LogP contribution is -2.04. The van der Waals surface area contributed by atoms with Crippen LogP contribution in [0.25, 0.3) is 11.1 Å². The van der Waals surface area contributed by atoms with Gasteiger partial charge >= 0.3 is 5.97 Å². The molecule has 0 spiro atoms. The van der Waals surface area contributed by atoms with Crippen molar-refractivity contribution in [2.45, 2.75) is 6.42 Å². The van der Waals surface area contributed by atoms with Gasteiger partial charge in [0.1, 0.15) is 5.75 Å². The van der Waals surface area contributed by atoms with Crippen molar-refractivity contribution in [2.24, 2.45) is 0 Å². The molecule has 0 amide bonds. The maximum Gasteiger partial charge on any atom is 0.309 e. The van der Waals surface area contributed by atoms with Crippen LogP contribution in [0.15, 0.2) is 42.5 Å². The summed E-state index contributed by atoms with van der Waals surface area (Å²) >= 11 is 3.30. The fourth-order valence-electron chi connectivity index (χ4n) is 2.21. The van der Waals surface area contributed by atoms with E-state index in [9.17, 15) is 4.79 Å². The summed E-state index contributed by atoms with van der Waals surface area (Å²) in [6, 6.07) is 13.7. The summed E-state index contributed by atoms with van der Waals surface area (Å²) in [5, 5.41) is 0.606. The second kappa shape index (κ2) is 8.40. The molecule has 0 heterocycles. The number of hydrogen-bond acceptors (Lipinski definition) is 3. The second-order valence-electron chi connectivity index (χ2n) is 4.80. The first-order chi connectivity index (χ1) is 11.2. The van der Waals surface area contributed by atoms with E-state index in [1.165, 1.54) is 7.11 Å². The number of methoxy groups -OCH3 is 2. The fraction of sp³-hybridized carbons (Fsp3) is 0.211. The van der Waals surface area contributed by atoms with Crippen LogP contribution in [-0.4, -0.2) is 25.5 Å². The molecule has 2 aromatic rings. The largest absolute Gasteiger partial charge is 0.495 e. The number of benzene rings is 2. The van der Waals surface area contributed by atoms with Crippen molar-refractivity contribution in [2.75, 3.05) is 19.5 Å². The smallest absolute Gasteiger partial charge is 0.309 e. The number of carbonyl (C=O) groups is 1. The van der Waals surface area contributed by atoms with Gasteiger partial charge in [-0.1, -0.05) is 58.1 Å². The Morgan fingerprint density at radius 3 is 2.61 bits per heavy atom. The highest BCUT2D eigenvalue weighted by Gasteiger charge is 2.07. The van der Waals surface area contributed by atoms with Crippen LogP contribution in [0.2, 0.25) is 0 Å². The van der Waals surface area contributed by atoms with Crippen molar-refractivity contribution < 1.29 is 14.3 Å². The van der Waals surface area contributed by atoms with Crippen LogP contribution in [0.3, 0.4) is 0 Å². The summed E-state index contributed by atoms with van der Waals surface area (Å²) in [7, 11) is 3.02. The van der Waals surface area contributed by atoms with Crippen molar-refractivity contribution >= 4 is 21.9 Å². The van der Waals surface area contributed by atoms with E-state index in [4.69, 9.17) is 9.47 Å². The van der Waals surface area contributed by atoms with Gasteiger partial charge in [0.2, 0.25) is 0 Å². The predicted molar refractivity (Wildman–Crippen MR) is 94.8 cm³/mol. The van der Waals surface area contributed by atoms with Crippen molar-refractivity contribution in [3.8, 4) is 28.7 Å². The van der Waals surface area contributed by atoms with Gasteiger partial charge in [-0.25, -0.2) is 0 Å². The van der Waals surface area contributed by atoms with E-state index in [-0.39, 0.29) is 12.4 Å². The zero-order valence-corrected chi connectivity index (χ0v) is 14.6. The van der Waals surface area contributed by atoms with Crippen LogP contribution in [0.4, 0.5) is 0 Å². The molecule has 0 aliphatic carbocycles. The first-order valence-corrected chi connectivity index (χ1v) is 8.19. The van der Waals surface area contributed by atoms with Crippen LogP contribution in [0, 0.1) is 11.8 Å². The zero-order chi connectivity index (χ0) is 16.7. The number of ether oxygens (including phenoxy) is 2. The van der Waals surface area contributed by atoms with E-state index in [1.54, 1.807) is 7.11 Å². The Bertz CT molecular complexity index is 757. The predicted octanol–water partition coefficient (Wildman–Crippen LogP) is 3.82. The molecular formula is C19H17BrO3. The van der Waals surface area contributed by atoms with Crippen LogP contribution in [-0.2, 0) is 16.0 Å². The van der Waals surface area contributed by atoms with Crippen LogP contribution in [0.5, 0.6) is 5.75 Å². The molecule has 0 aromatic heterocycles. The molecule has 0 saturated heterocycles. The lowest BCUT2D eigenvalue weighted by molar-refractivity contribution is -0.139. The summed E-state index contributed by atoms with van der Waals surface area (Å²) in [4.78, 5) is 11.4. The Morgan fingerprint density at radius 2 is 1.91 bits per heavy atom. The Balaban J connectivity index is 2.38. The molecule has 118 valence electrons. The summed E-state index contributed by atoms with van der Waals surface area (Å²) in [6.45, 7) is 0. The third-order valence-corrected chi connectivity index (χ3v) is 3.61. The monoisotopic (exact) mass is 372 g/mol. The lowest BCUT2D eigenvalue weighted by atomic mass is 9.99. The molecule has 23 heavy (non-hydrogen) atoms. The molecule has 2 rings (SSSR count). The van der Waals surface area contributed by atoms with Crippen molar-refractivity contribution in [3.63, 3.8) is 0 Å². The molecule has 2 aromatic carbocycles. The van der Waals surface area contributed by atoms with Gasteiger partial charge in [-0.15, -0.1) is 0 Å². The number of esters is 1. The molecule has 0 atom stereocenters. The van der Waals surface area contributed by atoms with Gasteiger partial charge in [0.25, 0.3) is 0 Å². The molecule has 4 heteroatoms. The topological polar surface area (TPSA) is 35.5 Å².